The predicted molar refractivity (Wildman–Crippen MR) is 125 cm³/mol. The minimum Gasteiger partial charge on any atom is -0.508 e. The molecule has 34 heavy (non-hydrogen) atoms. The summed E-state index contributed by atoms with van der Waals surface area (Å²) in [5.41, 5.74) is 2.51. The molecule has 0 fully saturated rings. The van der Waals surface area contributed by atoms with Gasteiger partial charge in [0.15, 0.2) is 11.5 Å². The Balaban J connectivity index is 1.81. The van der Waals surface area contributed by atoms with Crippen LogP contribution in [-0.4, -0.2) is 37.0 Å². The number of hydrogen-bond acceptors (Lipinski definition) is 7. The van der Waals surface area contributed by atoms with Gasteiger partial charge >= 0.3 is 5.97 Å². The SMILES string of the molecule is COc1ccc([C@H]2CC(=O)Oc3cc(C)n(CCc4ccc(O)cc4)c(=O)c32)c(OC)c1OC. The zero-order valence-corrected chi connectivity index (χ0v) is 19.6. The Hall–Kier alpha value is -3.94. The molecule has 0 bridgehead atoms. The number of aromatic nitrogens is 1. The fraction of sp³-hybridized carbons (Fsp3) is 0.308. The van der Waals surface area contributed by atoms with Crippen LogP contribution in [0.5, 0.6) is 28.7 Å². The van der Waals surface area contributed by atoms with Crippen molar-refractivity contribution in [3.05, 3.63) is 75.2 Å². The molecular formula is C26H27NO7. The monoisotopic (exact) mass is 465 g/mol. The van der Waals surface area contributed by atoms with Crippen molar-refractivity contribution in [1.82, 2.24) is 4.57 Å². The average Bonchev–Trinajstić information content (AvgIpc) is 2.83. The van der Waals surface area contributed by atoms with Crippen molar-refractivity contribution in [2.24, 2.45) is 0 Å². The number of aryl methyl sites for hydroxylation is 2. The van der Waals surface area contributed by atoms with Crippen molar-refractivity contribution < 1.29 is 28.8 Å². The Bertz CT molecular complexity index is 1280. The van der Waals surface area contributed by atoms with E-state index in [0.29, 0.717) is 47.0 Å². The van der Waals surface area contributed by atoms with Gasteiger partial charge in [0.2, 0.25) is 5.75 Å². The number of fused-ring (bicyclic) bond motifs is 1. The molecule has 2 heterocycles. The van der Waals surface area contributed by atoms with Gasteiger partial charge in [-0.3, -0.25) is 9.59 Å². The molecule has 0 saturated carbocycles. The third kappa shape index (κ3) is 4.19. The number of phenolic OH excluding ortho intramolecular Hbond substituents is 1. The lowest BCUT2D eigenvalue weighted by molar-refractivity contribution is -0.135. The van der Waals surface area contributed by atoms with E-state index < -0.39 is 11.9 Å². The minimum absolute atomic E-state index is 0.00485. The molecule has 1 aliphatic rings. The van der Waals surface area contributed by atoms with Crippen LogP contribution in [0.3, 0.4) is 0 Å². The molecule has 0 amide bonds. The Morgan fingerprint density at radius 2 is 1.71 bits per heavy atom. The predicted octanol–water partition coefficient (Wildman–Crippen LogP) is 3.57. The van der Waals surface area contributed by atoms with Crippen molar-refractivity contribution in [1.29, 1.82) is 0 Å². The van der Waals surface area contributed by atoms with Crippen molar-refractivity contribution >= 4 is 5.97 Å². The van der Waals surface area contributed by atoms with Gasteiger partial charge < -0.3 is 28.6 Å². The molecular weight excluding hydrogens is 438 g/mol. The number of hydrogen-bond donors (Lipinski definition) is 1. The summed E-state index contributed by atoms with van der Waals surface area (Å²) in [5, 5.41) is 9.51. The number of esters is 1. The molecule has 1 aromatic heterocycles. The fourth-order valence-corrected chi connectivity index (χ4v) is 4.44. The highest BCUT2D eigenvalue weighted by atomic mass is 16.5. The standard InChI is InChI=1S/C26H27NO7/c1-15-13-21-23(26(30)27(15)12-11-16-5-7-17(28)8-6-16)19(14-22(29)34-21)18-9-10-20(31-2)25(33-4)24(18)32-3/h5-10,13,19,28H,11-12,14H2,1-4H3/t19-/m1/s1. The normalized spacial score (nSPS) is 14.8. The molecule has 0 saturated heterocycles. The van der Waals surface area contributed by atoms with E-state index in [9.17, 15) is 14.7 Å². The van der Waals surface area contributed by atoms with Gasteiger partial charge in [0.25, 0.3) is 5.56 Å². The van der Waals surface area contributed by atoms with Gasteiger partial charge in [-0.15, -0.1) is 0 Å². The first-order valence-electron chi connectivity index (χ1n) is 10.9. The number of methoxy groups -OCH3 is 3. The van der Waals surface area contributed by atoms with E-state index in [4.69, 9.17) is 18.9 Å². The zero-order chi connectivity index (χ0) is 24.4. The number of nitrogens with zero attached hydrogens (tertiary/aromatic N) is 1. The van der Waals surface area contributed by atoms with Crippen LogP contribution < -0.4 is 24.5 Å². The van der Waals surface area contributed by atoms with Crippen molar-refractivity contribution in [3.63, 3.8) is 0 Å². The van der Waals surface area contributed by atoms with Crippen LogP contribution in [0, 0.1) is 6.92 Å². The number of rotatable bonds is 7. The lowest BCUT2D eigenvalue weighted by Gasteiger charge is -2.28. The number of aromatic hydroxyl groups is 1. The fourth-order valence-electron chi connectivity index (χ4n) is 4.44. The zero-order valence-electron chi connectivity index (χ0n) is 19.6. The molecule has 1 atom stereocenters. The molecule has 0 spiro atoms. The second-order valence-corrected chi connectivity index (χ2v) is 8.09. The highest BCUT2D eigenvalue weighted by molar-refractivity contribution is 5.78. The third-order valence-electron chi connectivity index (χ3n) is 6.12. The molecule has 1 N–H and O–H groups in total. The first-order chi connectivity index (χ1) is 16.4. The smallest absolute Gasteiger partial charge is 0.312 e. The number of pyridine rings is 1. The Kier molecular flexibility index (Phi) is 6.49. The van der Waals surface area contributed by atoms with E-state index >= 15 is 0 Å². The summed E-state index contributed by atoms with van der Waals surface area (Å²) in [4.78, 5) is 26.2. The van der Waals surface area contributed by atoms with E-state index in [0.717, 1.165) is 5.56 Å². The van der Waals surface area contributed by atoms with E-state index in [-0.39, 0.29) is 23.5 Å². The van der Waals surface area contributed by atoms with E-state index in [1.807, 2.05) is 19.1 Å². The highest BCUT2D eigenvalue weighted by Gasteiger charge is 2.35. The Labute approximate surface area is 197 Å². The molecule has 3 aromatic rings. The molecule has 1 aliphatic heterocycles. The van der Waals surface area contributed by atoms with Crippen LogP contribution in [0.2, 0.25) is 0 Å². The summed E-state index contributed by atoms with van der Waals surface area (Å²) in [5.74, 6) is 0.748. The van der Waals surface area contributed by atoms with Crippen LogP contribution in [0.1, 0.15) is 34.7 Å². The lowest BCUT2D eigenvalue weighted by atomic mass is 9.86. The first kappa shape index (κ1) is 23.2. The van der Waals surface area contributed by atoms with Crippen molar-refractivity contribution in [2.75, 3.05) is 21.3 Å². The maximum absolute atomic E-state index is 13.7. The Morgan fingerprint density at radius 3 is 2.35 bits per heavy atom. The van der Waals surface area contributed by atoms with Gasteiger partial charge in [0.1, 0.15) is 11.5 Å². The lowest BCUT2D eigenvalue weighted by Crippen LogP contribution is -2.33. The van der Waals surface area contributed by atoms with Gasteiger partial charge in [-0.25, -0.2) is 0 Å². The molecule has 2 aromatic carbocycles. The number of carbonyl (C=O) groups excluding carboxylic acids is 1. The van der Waals surface area contributed by atoms with Crippen molar-refractivity contribution in [3.8, 4) is 28.7 Å². The van der Waals surface area contributed by atoms with E-state index in [1.54, 1.807) is 34.9 Å². The number of carbonyl (C=O) groups is 1. The first-order valence-corrected chi connectivity index (χ1v) is 10.9. The molecule has 8 heteroatoms. The van der Waals surface area contributed by atoms with Gasteiger partial charge in [-0.1, -0.05) is 18.2 Å². The Morgan fingerprint density at radius 1 is 1.00 bits per heavy atom. The van der Waals surface area contributed by atoms with Gasteiger partial charge in [-0.2, -0.15) is 0 Å². The maximum atomic E-state index is 13.7. The number of benzene rings is 2. The molecule has 4 rings (SSSR count). The van der Waals surface area contributed by atoms with E-state index in [2.05, 4.69) is 0 Å². The molecule has 0 radical (unpaired) electrons. The van der Waals surface area contributed by atoms with Crippen molar-refractivity contribution in [2.45, 2.75) is 32.2 Å². The van der Waals surface area contributed by atoms with Crippen LogP contribution in [-0.2, 0) is 17.8 Å². The summed E-state index contributed by atoms with van der Waals surface area (Å²) in [7, 11) is 4.54. The number of phenols is 1. The minimum atomic E-state index is -0.570. The third-order valence-corrected chi connectivity index (χ3v) is 6.12. The summed E-state index contributed by atoms with van der Waals surface area (Å²) in [6.07, 6.45) is 0.596. The summed E-state index contributed by atoms with van der Waals surface area (Å²) in [6.45, 7) is 2.25. The number of ether oxygens (including phenoxy) is 4. The second-order valence-electron chi connectivity index (χ2n) is 8.09. The van der Waals surface area contributed by atoms with Crippen LogP contribution in [0.4, 0.5) is 0 Å². The summed E-state index contributed by atoms with van der Waals surface area (Å²) < 4.78 is 23.7. The molecule has 178 valence electrons. The quantitative estimate of drug-likeness (QED) is 0.533. The largest absolute Gasteiger partial charge is 0.508 e. The van der Waals surface area contributed by atoms with Crippen LogP contribution in [0.15, 0.2) is 47.3 Å². The molecule has 0 aliphatic carbocycles. The molecule has 8 nitrogen and oxygen atoms in total. The maximum Gasteiger partial charge on any atom is 0.312 e. The second kappa shape index (κ2) is 9.51. The topological polar surface area (TPSA) is 96.2 Å². The highest BCUT2D eigenvalue weighted by Crippen LogP contribution is 2.47. The summed E-state index contributed by atoms with van der Waals surface area (Å²) in [6, 6.07) is 12.1. The summed E-state index contributed by atoms with van der Waals surface area (Å²) >= 11 is 0. The van der Waals surface area contributed by atoms with E-state index in [1.165, 1.54) is 21.3 Å². The average molecular weight is 466 g/mol. The van der Waals surface area contributed by atoms with Gasteiger partial charge in [0.05, 0.1) is 33.3 Å². The van der Waals surface area contributed by atoms with Crippen LogP contribution >= 0.6 is 0 Å². The molecule has 0 unspecified atom stereocenters. The van der Waals surface area contributed by atoms with Gasteiger partial charge in [0, 0.05) is 29.8 Å². The van der Waals surface area contributed by atoms with Gasteiger partial charge in [-0.05, 0) is 37.1 Å². The van der Waals surface area contributed by atoms with Crippen LogP contribution in [0.25, 0.3) is 0 Å².